The zero-order valence-corrected chi connectivity index (χ0v) is 14.2. The number of hydrogen-bond donors (Lipinski definition) is 2. The molecule has 124 valence electrons. The van der Waals surface area contributed by atoms with Crippen LogP contribution in [0.25, 0.3) is 0 Å². The van der Waals surface area contributed by atoms with Gasteiger partial charge < -0.3 is 5.73 Å². The minimum atomic E-state index is -3.42. The number of hydrogen-bond acceptors (Lipinski definition) is 3. The Hall–Kier alpha value is -0.660. The fourth-order valence-corrected chi connectivity index (χ4v) is 4.90. The molecule has 2 atom stereocenters. The molecule has 0 radical (unpaired) electrons. The summed E-state index contributed by atoms with van der Waals surface area (Å²) in [6.45, 7) is 1.56. The summed E-state index contributed by atoms with van der Waals surface area (Å²) < 4.78 is 29.6. The van der Waals surface area contributed by atoms with Crippen LogP contribution in [-0.2, 0) is 23.2 Å². The average Bonchev–Trinajstić information content (AvgIpc) is 2.93. The van der Waals surface area contributed by atoms with Gasteiger partial charge >= 0.3 is 0 Å². The predicted octanol–water partition coefficient (Wildman–Crippen LogP) is 1.43. The number of nitrogens with one attached hydrogen (secondary N) is 1. The van der Waals surface area contributed by atoms with Gasteiger partial charge in [0.15, 0.2) is 0 Å². The van der Waals surface area contributed by atoms with E-state index in [-0.39, 0.29) is 24.4 Å². The summed E-state index contributed by atoms with van der Waals surface area (Å²) in [6, 6.07) is 8.05. The van der Waals surface area contributed by atoms with Crippen LogP contribution in [0.4, 0.5) is 0 Å². The van der Waals surface area contributed by atoms with E-state index in [4.69, 9.17) is 5.73 Å². The second-order valence-corrected chi connectivity index (χ2v) is 7.71. The number of fused-ring (bicyclic) bond motifs is 1. The zero-order chi connectivity index (χ0) is 14.9. The molecule has 7 heteroatoms. The maximum atomic E-state index is 12.6. The molecule has 0 aromatic heterocycles. The summed E-state index contributed by atoms with van der Waals surface area (Å²) in [4.78, 5) is 0. The molecule has 0 saturated heterocycles. The number of halogens is 1. The van der Waals surface area contributed by atoms with Crippen LogP contribution in [0.2, 0.25) is 0 Å². The zero-order valence-electron chi connectivity index (χ0n) is 12.6. The quantitative estimate of drug-likeness (QED) is 0.866. The van der Waals surface area contributed by atoms with Gasteiger partial charge in [-0.2, -0.15) is 17.4 Å². The van der Waals surface area contributed by atoms with Crippen LogP contribution < -0.4 is 10.5 Å². The number of benzene rings is 1. The number of nitrogens with zero attached hydrogens (tertiary/aromatic N) is 1. The van der Waals surface area contributed by atoms with Crippen molar-refractivity contribution in [1.29, 1.82) is 0 Å². The number of nitrogens with two attached hydrogens (primary N) is 1. The lowest BCUT2D eigenvalue weighted by Gasteiger charge is -2.30. The molecule has 0 amide bonds. The minimum Gasteiger partial charge on any atom is -0.330 e. The van der Waals surface area contributed by atoms with Gasteiger partial charge in [0.1, 0.15) is 0 Å². The van der Waals surface area contributed by atoms with Crippen molar-refractivity contribution in [3.05, 3.63) is 35.4 Å². The van der Waals surface area contributed by atoms with E-state index in [1.165, 1.54) is 5.56 Å². The lowest BCUT2D eigenvalue weighted by molar-refractivity contribution is 0.367. The summed E-state index contributed by atoms with van der Waals surface area (Å²) in [5, 5.41) is 0. The van der Waals surface area contributed by atoms with Gasteiger partial charge in [-0.3, -0.25) is 0 Å². The Balaban J connectivity index is 0.00000176. The largest absolute Gasteiger partial charge is 0.330 e. The maximum Gasteiger partial charge on any atom is 0.280 e. The van der Waals surface area contributed by atoms with Crippen LogP contribution in [0.3, 0.4) is 0 Å². The van der Waals surface area contributed by atoms with Crippen molar-refractivity contribution in [2.75, 3.05) is 13.1 Å². The van der Waals surface area contributed by atoms with Crippen molar-refractivity contribution in [2.24, 2.45) is 11.7 Å². The van der Waals surface area contributed by atoms with Crippen LogP contribution in [0.15, 0.2) is 24.3 Å². The van der Waals surface area contributed by atoms with Gasteiger partial charge in [0, 0.05) is 19.1 Å². The van der Waals surface area contributed by atoms with Gasteiger partial charge in [0.05, 0.1) is 0 Å². The van der Waals surface area contributed by atoms with E-state index in [2.05, 4.69) is 10.8 Å². The molecule has 22 heavy (non-hydrogen) atoms. The summed E-state index contributed by atoms with van der Waals surface area (Å²) in [7, 11) is -3.42. The lowest BCUT2D eigenvalue weighted by Crippen LogP contribution is -2.48. The first-order valence-electron chi connectivity index (χ1n) is 7.64. The first-order valence-corrected chi connectivity index (χ1v) is 9.08. The second kappa shape index (κ2) is 7.27. The molecule has 0 bridgehead atoms. The fourth-order valence-electron chi connectivity index (χ4n) is 3.41. The third-order valence-electron chi connectivity index (χ3n) is 4.70. The first-order chi connectivity index (χ1) is 10.1. The van der Waals surface area contributed by atoms with Crippen LogP contribution in [0.1, 0.15) is 30.4 Å². The van der Waals surface area contributed by atoms with E-state index in [9.17, 15) is 8.42 Å². The summed E-state index contributed by atoms with van der Waals surface area (Å²) >= 11 is 0. The van der Waals surface area contributed by atoms with E-state index >= 15 is 0 Å². The molecule has 2 aliphatic rings. The van der Waals surface area contributed by atoms with E-state index < -0.39 is 10.2 Å². The van der Waals surface area contributed by atoms with Crippen LogP contribution in [-0.4, -0.2) is 31.9 Å². The Morgan fingerprint density at radius 2 is 1.95 bits per heavy atom. The molecule has 3 N–H and O–H groups in total. The Kier molecular flexibility index (Phi) is 5.85. The van der Waals surface area contributed by atoms with Crippen molar-refractivity contribution in [1.82, 2.24) is 9.03 Å². The normalized spacial score (nSPS) is 25.5. The van der Waals surface area contributed by atoms with Gasteiger partial charge in [-0.05, 0) is 42.9 Å². The van der Waals surface area contributed by atoms with Crippen molar-refractivity contribution >= 4 is 22.6 Å². The summed E-state index contributed by atoms with van der Waals surface area (Å²) in [5.41, 5.74) is 8.10. The van der Waals surface area contributed by atoms with E-state index in [0.29, 0.717) is 19.6 Å². The van der Waals surface area contributed by atoms with E-state index in [1.54, 1.807) is 4.31 Å². The highest BCUT2D eigenvalue weighted by atomic mass is 35.5. The summed E-state index contributed by atoms with van der Waals surface area (Å²) in [6.07, 6.45) is 3.75. The standard InChI is InChI=1S/C15H23N3O2S.ClH/c16-10-13-6-3-7-15(13)17-21(19,20)18-9-8-12-4-1-2-5-14(12)11-18;/h1-2,4-5,13,15,17H,3,6-11,16H2;1H. The van der Waals surface area contributed by atoms with Crippen molar-refractivity contribution in [3.63, 3.8) is 0 Å². The number of rotatable bonds is 4. The maximum absolute atomic E-state index is 12.6. The molecule has 3 rings (SSSR count). The van der Waals surface area contributed by atoms with Gasteiger partial charge in [0.25, 0.3) is 10.2 Å². The molecule has 5 nitrogen and oxygen atoms in total. The molecule has 1 aromatic rings. The Labute approximate surface area is 138 Å². The van der Waals surface area contributed by atoms with Crippen molar-refractivity contribution < 1.29 is 8.42 Å². The molecule has 1 saturated carbocycles. The average molecular weight is 346 g/mol. The molecule has 1 aromatic carbocycles. The molecular weight excluding hydrogens is 322 g/mol. The molecule has 0 spiro atoms. The van der Waals surface area contributed by atoms with Gasteiger partial charge in [-0.1, -0.05) is 30.7 Å². The molecule has 1 fully saturated rings. The van der Waals surface area contributed by atoms with Crippen LogP contribution in [0, 0.1) is 5.92 Å². The fraction of sp³-hybridized carbons (Fsp3) is 0.600. The smallest absolute Gasteiger partial charge is 0.280 e. The van der Waals surface area contributed by atoms with Crippen LogP contribution in [0.5, 0.6) is 0 Å². The SMILES string of the molecule is Cl.NCC1CCCC1NS(=O)(=O)N1CCc2ccccc2C1. The Morgan fingerprint density at radius 1 is 1.23 bits per heavy atom. The molecule has 1 aliphatic heterocycles. The van der Waals surface area contributed by atoms with Crippen LogP contribution >= 0.6 is 12.4 Å². The van der Waals surface area contributed by atoms with E-state index in [1.807, 2.05) is 18.2 Å². The highest BCUT2D eigenvalue weighted by molar-refractivity contribution is 7.87. The molecule has 1 aliphatic carbocycles. The van der Waals surface area contributed by atoms with Gasteiger partial charge in [-0.15, -0.1) is 12.4 Å². The topological polar surface area (TPSA) is 75.4 Å². The van der Waals surface area contributed by atoms with Gasteiger partial charge in [0.2, 0.25) is 0 Å². The minimum absolute atomic E-state index is 0. The third-order valence-corrected chi connectivity index (χ3v) is 6.29. The van der Waals surface area contributed by atoms with Crippen molar-refractivity contribution in [2.45, 2.75) is 38.3 Å². The highest BCUT2D eigenvalue weighted by Crippen LogP contribution is 2.27. The monoisotopic (exact) mass is 345 g/mol. The molecule has 1 heterocycles. The van der Waals surface area contributed by atoms with E-state index in [0.717, 1.165) is 31.2 Å². The van der Waals surface area contributed by atoms with Gasteiger partial charge in [-0.25, -0.2) is 0 Å². The third kappa shape index (κ3) is 3.63. The summed E-state index contributed by atoms with van der Waals surface area (Å²) in [5.74, 6) is 0.275. The lowest BCUT2D eigenvalue weighted by atomic mass is 10.0. The molecule has 2 unspecified atom stereocenters. The first kappa shape index (κ1) is 17.7. The Morgan fingerprint density at radius 3 is 2.68 bits per heavy atom. The van der Waals surface area contributed by atoms with Crippen molar-refractivity contribution in [3.8, 4) is 0 Å². The predicted molar refractivity (Wildman–Crippen MR) is 90.0 cm³/mol. The Bertz CT molecular complexity index is 609. The molecular formula is C15H24ClN3O2S. The second-order valence-electron chi connectivity index (χ2n) is 6.01. The highest BCUT2D eigenvalue weighted by Gasteiger charge is 2.33.